The van der Waals surface area contributed by atoms with E-state index in [2.05, 4.69) is 29.6 Å². The van der Waals surface area contributed by atoms with Crippen LogP contribution in [0.25, 0.3) is 0 Å². The summed E-state index contributed by atoms with van der Waals surface area (Å²) >= 11 is 0. The smallest absolute Gasteiger partial charge is 0.0402 e. The maximum Gasteiger partial charge on any atom is 0.0402 e. The molecule has 0 radical (unpaired) electrons. The van der Waals surface area contributed by atoms with Gasteiger partial charge in [0.15, 0.2) is 0 Å². The summed E-state index contributed by atoms with van der Waals surface area (Å²) in [7, 11) is 3.99. The second-order valence-electron chi connectivity index (χ2n) is 3.09. The first kappa shape index (κ1) is 9.20. The van der Waals surface area contributed by atoms with E-state index in [1.807, 2.05) is 13.1 Å². The van der Waals surface area contributed by atoms with Gasteiger partial charge in [0.25, 0.3) is 0 Å². The third-order valence-electron chi connectivity index (χ3n) is 2.13. The van der Waals surface area contributed by atoms with Crippen molar-refractivity contribution in [2.45, 2.75) is 6.42 Å². The van der Waals surface area contributed by atoms with E-state index < -0.39 is 0 Å². The van der Waals surface area contributed by atoms with Crippen molar-refractivity contribution in [3.63, 3.8) is 0 Å². The molecule has 0 amide bonds. The topological polar surface area (TPSA) is 15.6 Å². The number of likely N-dealkylation sites (tertiary alicyclic amines) is 1. The Morgan fingerprint density at radius 3 is 2.92 bits per heavy atom. The van der Waals surface area contributed by atoms with E-state index in [9.17, 15) is 0 Å². The van der Waals surface area contributed by atoms with E-state index in [-0.39, 0.29) is 0 Å². The summed E-state index contributed by atoms with van der Waals surface area (Å²) in [5.74, 6) is 0. The summed E-state index contributed by atoms with van der Waals surface area (Å²) in [4.78, 5) is 6.55. The Morgan fingerprint density at radius 2 is 2.33 bits per heavy atom. The molecule has 1 rings (SSSR count). The van der Waals surface area contributed by atoms with Crippen molar-refractivity contribution in [3.05, 3.63) is 24.3 Å². The molecule has 1 saturated heterocycles. The van der Waals surface area contributed by atoms with E-state index in [1.54, 1.807) is 0 Å². The average molecular weight is 164 g/mol. The van der Waals surface area contributed by atoms with Gasteiger partial charge in [-0.25, -0.2) is 0 Å². The maximum absolute atomic E-state index is 4.26. The number of allylic oxidation sites excluding steroid dienone is 2. The lowest BCUT2D eigenvalue weighted by Gasteiger charge is -2.25. The molecule has 1 aliphatic heterocycles. The normalized spacial score (nSPS) is 26.5. The van der Waals surface area contributed by atoms with Gasteiger partial charge in [0.05, 0.1) is 0 Å². The van der Waals surface area contributed by atoms with Gasteiger partial charge >= 0.3 is 0 Å². The van der Waals surface area contributed by atoms with Crippen molar-refractivity contribution in [3.8, 4) is 0 Å². The number of nitrogens with zero attached hydrogens (tertiary/aromatic N) is 2. The highest BCUT2D eigenvalue weighted by Crippen LogP contribution is 2.11. The molecule has 66 valence electrons. The van der Waals surface area contributed by atoms with Crippen LogP contribution in [0.5, 0.6) is 0 Å². The lowest BCUT2D eigenvalue weighted by Crippen LogP contribution is -2.32. The summed E-state index contributed by atoms with van der Waals surface area (Å²) < 4.78 is 0. The minimum atomic E-state index is 0.999. The van der Waals surface area contributed by atoms with Crippen molar-refractivity contribution in [1.29, 1.82) is 0 Å². The van der Waals surface area contributed by atoms with Crippen molar-refractivity contribution in [1.82, 2.24) is 4.90 Å². The van der Waals surface area contributed by atoms with Gasteiger partial charge in [-0.15, -0.1) is 0 Å². The highest BCUT2D eigenvalue weighted by molar-refractivity contribution is 6.01. The van der Waals surface area contributed by atoms with Gasteiger partial charge in [0.1, 0.15) is 0 Å². The van der Waals surface area contributed by atoms with Gasteiger partial charge in [-0.05, 0) is 12.6 Å². The van der Waals surface area contributed by atoms with Crippen LogP contribution in [0.15, 0.2) is 29.3 Å². The number of rotatable bonds is 1. The van der Waals surface area contributed by atoms with E-state index in [0.717, 1.165) is 19.5 Å². The van der Waals surface area contributed by atoms with Gasteiger partial charge in [-0.1, -0.05) is 18.7 Å². The zero-order valence-corrected chi connectivity index (χ0v) is 7.88. The lowest BCUT2D eigenvalue weighted by molar-refractivity contribution is 0.365. The summed E-state index contributed by atoms with van der Waals surface area (Å²) in [6, 6.07) is 0. The van der Waals surface area contributed by atoms with Gasteiger partial charge in [-0.2, -0.15) is 0 Å². The molecule has 0 aromatic carbocycles. The largest absolute Gasteiger partial charge is 0.302 e. The summed E-state index contributed by atoms with van der Waals surface area (Å²) in [6.07, 6.45) is 4.95. The van der Waals surface area contributed by atoms with E-state index in [0.29, 0.717) is 0 Å². The monoisotopic (exact) mass is 164 g/mol. The van der Waals surface area contributed by atoms with Crippen LogP contribution >= 0.6 is 0 Å². The molecule has 0 spiro atoms. The molecule has 0 atom stereocenters. The fourth-order valence-corrected chi connectivity index (χ4v) is 1.46. The Labute approximate surface area is 74.3 Å². The molecule has 2 heteroatoms. The number of likely N-dealkylation sites (N-methyl/N-ethyl adjacent to an activating group) is 1. The summed E-state index contributed by atoms with van der Waals surface area (Å²) in [5, 5.41) is 0. The Morgan fingerprint density at radius 1 is 1.58 bits per heavy atom. The van der Waals surface area contributed by atoms with Gasteiger partial charge in [-0.3, -0.25) is 4.99 Å². The van der Waals surface area contributed by atoms with Crippen molar-refractivity contribution < 1.29 is 0 Å². The molecule has 2 nitrogen and oxygen atoms in total. The first-order valence-electron chi connectivity index (χ1n) is 4.24. The predicted molar refractivity (Wildman–Crippen MR) is 53.8 cm³/mol. The lowest BCUT2D eigenvalue weighted by atomic mass is 10.0. The fraction of sp³-hybridized carbons (Fsp3) is 0.500. The minimum Gasteiger partial charge on any atom is -0.302 e. The van der Waals surface area contributed by atoms with Gasteiger partial charge < -0.3 is 4.90 Å². The number of hydrogen-bond acceptors (Lipinski definition) is 2. The standard InChI is InChI=1S/C10H16N2/c1-4-5-9-8-12(3)7-6-10(9)11-2/h4-5H,1,6-8H2,2-3H3/b9-5-,11-10?. The molecule has 0 unspecified atom stereocenters. The van der Waals surface area contributed by atoms with Crippen LogP contribution in [-0.2, 0) is 0 Å². The second-order valence-corrected chi connectivity index (χ2v) is 3.09. The first-order valence-corrected chi connectivity index (χ1v) is 4.24. The molecular formula is C10H16N2. The Bertz CT molecular complexity index is 226. The molecule has 0 aromatic rings. The highest BCUT2D eigenvalue weighted by atomic mass is 15.1. The minimum absolute atomic E-state index is 0.999. The molecule has 0 bridgehead atoms. The third kappa shape index (κ3) is 2.05. The molecule has 0 aliphatic carbocycles. The molecule has 1 fully saturated rings. The molecule has 1 aliphatic rings. The number of aliphatic imine (C=N–C) groups is 1. The van der Waals surface area contributed by atoms with E-state index >= 15 is 0 Å². The highest BCUT2D eigenvalue weighted by Gasteiger charge is 2.15. The Balaban J connectivity index is 2.78. The zero-order chi connectivity index (χ0) is 8.97. The van der Waals surface area contributed by atoms with Crippen LogP contribution in [0, 0.1) is 0 Å². The second kappa shape index (κ2) is 4.21. The number of piperidine rings is 1. The van der Waals surface area contributed by atoms with Crippen LogP contribution in [0.4, 0.5) is 0 Å². The molecule has 12 heavy (non-hydrogen) atoms. The zero-order valence-electron chi connectivity index (χ0n) is 7.88. The van der Waals surface area contributed by atoms with Crippen molar-refractivity contribution >= 4 is 5.71 Å². The SMILES string of the molecule is C=C/C=C1/CN(C)CCC1=NC. The van der Waals surface area contributed by atoms with Crippen LogP contribution in [0.2, 0.25) is 0 Å². The van der Waals surface area contributed by atoms with E-state index in [4.69, 9.17) is 0 Å². The maximum atomic E-state index is 4.26. The summed E-state index contributed by atoms with van der Waals surface area (Å²) in [6.45, 7) is 5.81. The predicted octanol–water partition coefficient (Wildman–Crippen LogP) is 1.51. The molecule has 0 saturated carbocycles. The van der Waals surface area contributed by atoms with Crippen LogP contribution in [0.1, 0.15) is 6.42 Å². The van der Waals surface area contributed by atoms with E-state index in [1.165, 1.54) is 11.3 Å². The Hall–Kier alpha value is -0.890. The van der Waals surface area contributed by atoms with Gasteiger partial charge in [0.2, 0.25) is 0 Å². The fourth-order valence-electron chi connectivity index (χ4n) is 1.46. The first-order chi connectivity index (χ1) is 5.77. The third-order valence-corrected chi connectivity index (χ3v) is 2.13. The van der Waals surface area contributed by atoms with Crippen LogP contribution in [0.3, 0.4) is 0 Å². The Kier molecular flexibility index (Phi) is 3.23. The van der Waals surface area contributed by atoms with Crippen molar-refractivity contribution in [2.75, 3.05) is 27.2 Å². The molecule has 0 aromatic heterocycles. The van der Waals surface area contributed by atoms with Crippen molar-refractivity contribution in [2.24, 2.45) is 4.99 Å². The summed E-state index contributed by atoms with van der Waals surface area (Å²) in [5.41, 5.74) is 2.54. The molecule has 1 heterocycles. The quantitative estimate of drug-likeness (QED) is 0.573. The van der Waals surface area contributed by atoms with Crippen LogP contribution in [-0.4, -0.2) is 37.8 Å². The molecule has 0 N–H and O–H groups in total. The van der Waals surface area contributed by atoms with Crippen LogP contribution < -0.4 is 0 Å². The number of hydrogen-bond donors (Lipinski definition) is 0. The molecular weight excluding hydrogens is 148 g/mol. The van der Waals surface area contributed by atoms with Gasteiger partial charge in [0, 0.05) is 32.3 Å². The average Bonchev–Trinajstić information content (AvgIpc) is 2.05.